The molecule has 2 aromatic heterocycles. The minimum atomic E-state index is -0.190. The van der Waals surface area contributed by atoms with Crippen molar-refractivity contribution in [3.8, 4) is 17.2 Å². The van der Waals surface area contributed by atoms with E-state index < -0.39 is 0 Å². The molecule has 22 heavy (non-hydrogen) atoms. The molecule has 1 aromatic carbocycles. The van der Waals surface area contributed by atoms with Crippen LogP contribution in [0, 0.1) is 10.9 Å². The highest BCUT2D eigenvalue weighted by molar-refractivity contribution is 7.73. The van der Waals surface area contributed by atoms with Crippen molar-refractivity contribution in [3.63, 3.8) is 0 Å². The fourth-order valence-electron chi connectivity index (χ4n) is 2.21. The van der Waals surface area contributed by atoms with Gasteiger partial charge in [-0.1, -0.05) is 11.3 Å². The maximum Gasteiger partial charge on any atom is 0.270 e. The Kier molecular flexibility index (Phi) is 3.71. The molecular formula is C14H13N3O3S2. The largest absolute Gasteiger partial charge is 0.497 e. The summed E-state index contributed by atoms with van der Waals surface area (Å²) in [6, 6.07) is 5.40. The number of benzene rings is 1. The molecule has 6 nitrogen and oxygen atoms in total. The average molecular weight is 335 g/mol. The van der Waals surface area contributed by atoms with Crippen LogP contribution in [0.15, 0.2) is 23.0 Å². The Balaban J connectivity index is 2.38. The molecule has 0 radical (unpaired) electrons. The molecule has 0 atom stereocenters. The molecule has 0 amide bonds. The van der Waals surface area contributed by atoms with Crippen molar-refractivity contribution in [2.75, 3.05) is 14.2 Å². The van der Waals surface area contributed by atoms with E-state index in [1.165, 1.54) is 11.3 Å². The zero-order chi connectivity index (χ0) is 15.9. The zero-order valence-electron chi connectivity index (χ0n) is 12.2. The van der Waals surface area contributed by atoms with Crippen LogP contribution in [0.4, 0.5) is 0 Å². The number of nitrogens with zero attached hydrogens (tertiary/aromatic N) is 2. The number of hydrogen-bond donors (Lipinski definition) is 1. The van der Waals surface area contributed by atoms with Crippen LogP contribution >= 0.6 is 23.6 Å². The molecule has 3 rings (SSSR count). The lowest BCUT2D eigenvalue weighted by molar-refractivity contribution is 0.393. The highest BCUT2D eigenvalue weighted by atomic mass is 32.1. The summed E-state index contributed by atoms with van der Waals surface area (Å²) in [7, 11) is 3.16. The Labute approximate surface area is 135 Å². The van der Waals surface area contributed by atoms with Gasteiger partial charge in [-0.3, -0.25) is 9.36 Å². The molecule has 114 valence electrons. The Morgan fingerprint density at radius 1 is 1.32 bits per heavy atom. The van der Waals surface area contributed by atoms with Gasteiger partial charge in [-0.2, -0.15) is 0 Å². The smallest absolute Gasteiger partial charge is 0.270 e. The monoisotopic (exact) mass is 335 g/mol. The summed E-state index contributed by atoms with van der Waals surface area (Å²) in [6.07, 6.45) is 0. The minimum Gasteiger partial charge on any atom is -0.497 e. The van der Waals surface area contributed by atoms with Crippen LogP contribution in [0.25, 0.3) is 16.0 Å². The van der Waals surface area contributed by atoms with E-state index in [0.29, 0.717) is 31.6 Å². The lowest BCUT2D eigenvalue weighted by Crippen LogP contribution is -2.10. The molecule has 0 saturated carbocycles. The Morgan fingerprint density at radius 3 is 2.77 bits per heavy atom. The van der Waals surface area contributed by atoms with Gasteiger partial charge in [-0.15, -0.1) is 0 Å². The number of hydrogen-bond acceptors (Lipinski definition) is 6. The van der Waals surface area contributed by atoms with E-state index >= 15 is 0 Å². The summed E-state index contributed by atoms with van der Waals surface area (Å²) in [4.78, 5) is 19.2. The Morgan fingerprint density at radius 2 is 2.09 bits per heavy atom. The standard InChI is InChI=1S/C14H13N3O3S2/c1-7-15-12-11(13(18)16-7)22-14(21)17(12)9-5-4-8(19-2)6-10(9)20-3/h4-6H,1-3H3,(H,15,16,18). The first-order valence-corrected chi connectivity index (χ1v) is 7.62. The summed E-state index contributed by atoms with van der Waals surface area (Å²) in [5.74, 6) is 1.80. The second-order valence-corrected chi connectivity index (χ2v) is 6.19. The van der Waals surface area contributed by atoms with Gasteiger partial charge in [0, 0.05) is 6.07 Å². The molecular weight excluding hydrogens is 322 g/mol. The van der Waals surface area contributed by atoms with Gasteiger partial charge in [0.2, 0.25) is 0 Å². The number of aryl methyl sites for hydroxylation is 1. The van der Waals surface area contributed by atoms with Crippen LogP contribution in [-0.2, 0) is 0 Å². The highest BCUT2D eigenvalue weighted by Crippen LogP contribution is 2.31. The highest BCUT2D eigenvalue weighted by Gasteiger charge is 2.16. The zero-order valence-corrected chi connectivity index (χ0v) is 13.8. The summed E-state index contributed by atoms with van der Waals surface area (Å²) in [6.45, 7) is 1.73. The van der Waals surface area contributed by atoms with Crippen LogP contribution in [0.2, 0.25) is 0 Å². The number of fused-ring (bicyclic) bond motifs is 1. The van der Waals surface area contributed by atoms with Gasteiger partial charge in [-0.05, 0) is 31.3 Å². The van der Waals surface area contributed by atoms with Crippen molar-refractivity contribution >= 4 is 33.9 Å². The fraction of sp³-hybridized carbons (Fsp3) is 0.214. The van der Waals surface area contributed by atoms with E-state index in [2.05, 4.69) is 9.97 Å². The lowest BCUT2D eigenvalue weighted by Gasteiger charge is -2.11. The molecule has 0 aliphatic carbocycles. The number of aromatic amines is 1. The number of nitrogens with one attached hydrogen (secondary N) is 1. The third kappa shape index (κ3) is 2.30. The van der Waals surface area contributed by atoms with Gasteiger partial charge in [0.25, 0.3) is 5.56 Å². The minimum absolute atomic E-state index is 0.190. The molecule has 3 aromatic rings. The number of ether oxygens (including phenoxy) is 2. The Hall–Kier alpha value is -2.19. The normalized spacial score (nSPS) is 10.9. The molecule has 2 heterocycles. The van der Waals surface area contributed by atoms with E-state index in [1.807, 2.05) is 12.1 Å². The SMILES string of the molecule is COc1ccc(-n2c(=S)sc3c(=O)[nH]c(C)nc32)c(OC)c1. The predicted octanol–water partition coefficient (Wildman–Crippen LogP) is 2.83. The second-order valence-electron chi connectivity index (χ2n) is 4.55. The quantitative estimate of drug-likeness (QED) is 0.745. The number of H-pyrrole nitrogens is 1. The molecule has 0 unspecified atom stereocenters. The molecule has 0 spiro atoms. The van der Waals surface area contributed by atoms with Crippen LogP contribution < -0.4 is 15.0 Å². The van der Waals surface area contributed by atoms with Crippen LogP contribution in [0.5, 0.6) is 11.5 Å². The predicted molar refractivity (Wildman–Crippen MR) is 88.2 cm³/mol. The molecule has 0 fully saturated rings. The third-order valence-corrected chi connectivity index (χ3v) is 4.55. The van der Waals surface area contributed by atoms with Crippen molar-refractivity contribution in [1.82, 2.24) is 14.5 Å². The first-order chi connectivity index (χ1) is 10.5. The van der Waals surface area contributed by atoms with Crippen LogP contribution in [0.1, 0.15) is 5.82 Å². The summed E-state index contributed by atoms with van der Waals surface area (Å²) >= 11 is 6.63. The van der Waals surface area contributed by atoms with E-state index in [4.69, 9.17) is 21.7 Å². The number of rotatable bonds is 3. The summed E-state index contributed by atoms with van der Waals surface area (Å²) in [5.41, 5.74) is 1.06. The topological polar surface area (TPSA) is 69.1 Å². The molecule has 0 aliphatic rings. The van der Waals surface area contributed by atoms with E-state index in [0.717, 1.165) is 5.69 Å². The molecule has 8 heteroatoms. The lowest BCUT2D eigenvalue weighted by atomic mass is 10.2. The van der Waals surface area contributed by atoms with Crippen molar-refractivity contribution in [2.45, 2.75) is 6.92 Å². The van der Waals surface area contributed by atoms with Crippen LogP contribution in [0.3, 0.4) is 0 Å². The summed E-state index contributed by atoms with van der Waals surface area (Å²) < 4.78 is 13.4. The maximum atomic E-state index is 12.1. The average Bonchev–Trinajstić information content (AvgIpc) is 2.83. The maximum absolute atomic E-state index is 12.1. The molecule has 0 aliphatic heterocycles. The number of methoxy groups -OCH3 is 2. The van der Waals surface area contributed by atoms with Crippen molar-refractivity contribution < 1.29 is 9.47 Å². The van der Waals surface area contributed by atoms with Gasteiger partial charge < -0.3 is 14.5 Å². The van der Waals surface area contributed by atoms with Gasteiger partial charge in [0.05, 0.1) is 19.9 Å². The van der Waals surface area contributed by atoms with Gasteiger partial charge in [0.1, 0.15) is 22.0 Å². The molecule has 1 N–H and O–H groups in total. The van der Waals surface area contributed by atoms with Gasteiger partial charge in [0.15, 0.2) is 9.60 Å². The second kappa shape index (κ2) is 5.54. The van der Waals surface area contributed by atoms with E-state index in [-0.39, 0.29) is 5.56 Å². The number of thiazole rings is 1. The summed E-state index contributed by atoms with van der Waals surface area (Å²) in [5, 5.41) is 0. The van der Waals surface area contributed by atoms with E-state index in [1.54, 1.807) is 31.8 Å². The fourth-order valence-corrected chi connectivity index (χ4v) is 3.46. The molecule has 0 bridgehead atoms. The van der Waals surface area contributed by atoms with Crippen LogP contribution in [-0.4, -0.2) is 28.8 Å². The molecule has 0 saturated heterocycles. The number of aromatic nitrogens is 3. The van der Waals surface area contributed by atoms with Gasteiger partial charge in [-0.25, -0.2) is 4.98 Å². The third-order valence-electron chi connectivity index (χ3n) is 3.19. The Bertz CT molecular complexity index is 972. The van der Waals surface area contributed by atoms with E-state index in [9.17, 15) is 4.79 Å². The van der Waals surface area contributed by atoms with Crippen molar-refractivity contribution in [1.29, 1.82) is 0 Å². The first kappa shape index (κ1) is 14.7. The van der Waals surface area contributed by atoms with Crippen molar-refractivity contribution in [3.05, 3.63) is 38.3 Å². The first-order valence-electron chi connectivity index (χ1n) is 6.40. The van der Waals surface area contributed by atoms with Gasteiger partial charge >= 0.3 is 0 Å². The van der Waals surface area contributed by atoms with Crippen molar-refractivity contribution in [2.24, 2.45) is 0 Å².